The van der Waals surface area contributed by atoms with Crippen molar-refractivity contribution in [2.45, 2.75) is 45.4 Å². The highest BCUT2D eigenvalue weighted by atomic mass is 16.5. The second-order valence-electron chi connectivity index (χ2n) is 6.04. The van der Waals surface area contributed by atoms with Crippen molar-refractivity contribution in [2.75, 3.05) is 19.6 Å². The molecule has 0 aliphatic rings. The van der Waals surface area contributed by atoms with Crippen molar-refractivity contribution in [3.63, 3.8) is 0 Å². The topological polar surface area (TPSA) is 92.7 Å². The molecule has 0 bridgehead atoms. The number of hydrogen-bond acceptors (Lipinski definition) is 7. The fraction of sp³-hybridized carbons (Fsp3) is 0.450. The van der Waals surface area contributed by atoms with Gasteiger partial charge in [0, 0.05) is 18.1 Å². The van der Waals surface area contributed by atoms with Gasteiger partial charge in [-0.05, 0) is 18.6 Å². The molecule has 1 aromatic heterocycles. The normalized spacial score (nSPS) is 10.7. The summed E-state index contributed by atoms with van der Waals surface area (Å²) in [7, 11) is 3.18. The van der Waals surface area contributed by atoms with Gasteiger partial charge in [-0.15, -0.1) is 0 Å². The SMILES string of the molecule is CCCCCCCc1nc(C#N)c(N/N=C/c2ccc(OC)cc2OC)o1. The monoisotopic (exact) mass is 370 g/mol. The van der Waals surface area contributed by atoms with E-state index in [0.29, 0.717) is 17.4 Å². The summed E-state index contributed by atoms with van der Waals surface area (Å²) in [6.45, 7) is 2.19. The number of aryl methyl sites for hydroxylation is 1. The standard InChI is InChI=1S/C20H26N4O3/c1-4-5-6-7-8-9-19-23-17(13-21)20(27-19)24-22-14-15-10-11-16(25-2)12-18(15)26-3/h10-12,14,24H,4-9H2,1-3H3/b22-14+. The number of nitriles is 1. The molecular weight excluding hydrogens is 344 g/mol. The fourth-order valence-corrected chi connectivity index (χ4v) is 2.59. The predicted octanol–water partition coefficient (Wildman–Crippen LogP) is 4.52. The molecule has 27 heavy (non-hydrogen) atoms. The Morgan fingerprint density at radius 3 is 2.74 bits per heavy atom. The van der Waals surface area contributed by atoms with Crippen LogP contribution in [0.25, 0.3) is 0 Å². The molecule has 7 heteroatoms. The number of aromatic nitrogens is 1. The number of hydrazone groups is 1. The summed E-state index contributed by atoms with van der Waals surface area (Å²) in [6, 6.07) is 7.45. The van der Waals surface area contributed by atoms with E-state index in [9.17, 15) is 5.26 Å². The predicted molar refractivity (Wildman–Crippen MR) is 104 cm³/mol. The van der Waals surface area contributed by atoms with Crippen LogP contribution in [0, 0.1) is 11.3 Å². The van der Waals surface area contributed by atoms with Crippen LogP contribution in [-0.4, -0.2) is 25.4 Å². The number of nitrogens with zero attached hydrogens (tertiary/aromatic N) is 3. The molecule has 0 saturated heterocycles. The third-order valence-electron chi connectivity index (χ3n) is 4.08. The second-order valence-corrected chi connectivity index (χ2v) is 6.04. The summed E-state index contributed by atoms with van der Waals surface area (Å²) >= 11 is 0. The van der Waals surface area contributed by atoms with Crippen LogP contribution in [0.5, 0.6) is 11.5 Å². The van der Waals surface area contributed by atoms with E-state index in [-0.39, 0.29) is 11.6 Å². The first kappa shape index (κ1) is 20.3. The van der Waals surface area contributed by atoms with Gasteiger partial charge in [0.1, 0.15) is 17.6 Å². The van der Waals surface area contributed by atoms with Gasteiger partial charge in [0.15, 0.2) is 5.89 Å². The van der Waals surface area contributed by atoms with Crippen LogP contribution in [-0.2, 0) is 6.42 Å². The Hall–Kier alpha value is -3.01. The van der Waals surface area contributed by atoms with Crippen LogP contribution >= 0.6 is 0 Å². The van der Waals surface area contributed by atoms with Crippen molar-refractivity contribution in [3.8, 4) is 17.6 Å². The maximum Gasteiger partial charge on any atom is 0.252 e. The van der Waals surface area contributed by atoms with Crippen LogP contribution in [0.3, 0.4) is 0 Å². The van der Waals surface area contributed by atoms with Gasteiger partial charge >= 0.3 is 0 Å². The molecule has 7 nitrogen and oxygen atoms in total. The maximum atomic E-state index is 9.23. The van der Waals surface area contributed by atoms with E-state index in [2.05, 4.69) is 22.4 Å². The molecule has 0 fully saturated rings. The van der Waals surface area contributed by atoms with Crippen LogP contribution in [0.15, 0.2) is 27.7 Å². The summed E-state index contributed by atoms with van der Waals surface area (Å²) in [5.74, 6) is 2.14. The van der Waals surface area contributed by atoms with Crippen LogP contribution in [0.2, 0.25) is 0 Å². The Bertz CT molecular complexity index is 793. The fourth-order valence-electron chi connectivity index (χ4n) is 2.59. The maximum absolute atomic E-state index is 9.23. The summed E-state index contributed by atoms with van der Waals surface area (Å²) in [5.41, 5.74) is 3.72. The average molecular weight is 370 g/mol. The van der Waals surface area contributed by atoms with Crippen molar-refractivity contribution in [3.05, 3.63) is 35.3 Å². The Morgan fingerprint density at radius 2 is 2.04 bits per heavy atom. The Labute approximate surface area is 160 Å². The van der Waals surface area contributed by atoms with Crippen molar-refractivity contribution < 1.29 is 13.9 Å². The van der Waals surface area contributed by atoms with E-state index in [1.54, 1.807) is 26.5 Å². The number of benzene rings is 1. The zero-order valence-electron chi connectivity index (χ0n) is 16.1. The van der Waals surface area contributed by atoms with Gasteiger partial charge in [-0.3, -0.25) is 0 Å². The number of unbranched alkanes of at least 4 members (excludes halogenated alkanes) is 4. The van der Waals surface area contributed by atoms with Crippen molar-refractivity contribution >= 4 is 12.1 Å². The zero-order valence-corrected chi connectivity index (χ0v) is 16.1. The summed E-state index contributed by atoms with van der Waals surface area (Å²) < 4.78 is 16.1. The van der Waals surface area contributed by atoms with E-state index in [4.69, 9.17) is 13.9 Å². The van der Waals surface area contributed by atoms with Crippen molar-refractivity contribution in [1.29, 1.82) is 5.26 Å². The quantitative estimate of drug-likeness (QED) is 0.355. The largest absolute Gasteiger partial charge is 0.497 e. The van der Waals surface area contributed by atoms with E-state index >= 15 is 0 Å². The van der Waals surface area contributed by atoms with Crippen molar-refractivity contribution in [2.24, 2.45) is 5.10 Å². The molecule has 0 radical (unpaired) electrons. The molecule has 0 unspecified atom stereocenters. The number of oxazole rings is 1. The van der Waals surface area contributed by atoms with E-state index < -0.39 is 0 Å². The Balaban J connectivity index is 1.99. The molecule has 0 saturated carbocycles. The summed E-state index contributed by atoms with van der Waals surface area (Å²) in [5, 5.41) is 13.4. The molecule has 0 amide bonds. The smallest absolute Gasteiger partial charge is 0.252 e. The lowest BCUT2D eigenvalue weighted by atomic mass is 10.1. The number of rotatable bonds is 11. The molecule has 0 spiro atoms. The summed E-state index contributed by atoms with van der Waals surface area (Å²) in [4.78, 5) is 4.22. The molecule has 2 aromatic rings. The minimum atomic E-state index is 0.206. The molecule has 0 aliphatic carbocycles. The number of hydrogen-bond donors (Lipinski definition) is 1. The number of methoxy groups -OCH3 is 2. The van der Waals surface area contributed by atoms with Crippen LogP contribution in [0.4, 0.5) is 5.88 Å². The molecule has 144 valence electrons. The minimum Gasteiger partial charge on any atom is -0.497 e. The third-order valence-corrected chi connectivity index (χ3v) is 4.08. The zero-order chi connectivity index (χ0) is 19.5. The van der Waals surface area contributed by atoms with Gasteiger partial charge in [0.05, 0.1) is 20.4 Å². The number of anilines is 1. The van der Waals surface area contributed by atoms with Gasteiger partial charge < -0.3 is 13.9 Å². The van der Waals surface area contributed by atoms with E-state index in [0.717, 1.165) is 24.8 Å². The number of ether oxygens (including phenoxy) is 2. The highest BCUT2D eigenvalue weighted by Gasteiger charge is 2.12. The average Bonchev–Trinajstić information content (AvgIpc) is 3.10. The highest BCUT2D eigenvalue weighted by Crippen LogP contribution is 2.23. The lowest BCUT2D eigenvalue weighted by Gasteiger charge is -2.06. The third kappa shape index (κ3) is 6.03. The van der Waals surface area contributed by atoms with Crippen molar-refractivity contribution in [1.82, 2.24) is 4.98 Å². The molecular formula is C20H26N4O3. The molecule has 0 atom stereocenters. The molecule has 1 aromatic carbocycles. The van der Waals surface area contributed by atoms with Crippen LogP contribution in [0.1, 0.15) is 56.2 Å². The van der Waals surface area contributed by atoms with Gasteiger partial charge in [0.2, 0.25) is 5.69 Å². The summed E-state index contributed by atoms with van der Waals surface area (Å²) in [6.07, 6.45) is 8.10. The first-order valence-corrected chi connectivity index (χ1v) is 9.12. The Kier molecular flexibility index (Phi) is 8.17. The molecule has 1 N–H and O–H groups in total. The minimum absolute atomic E-state index is 0.206. The van der Waals surface area contributed by atoms with Gasteiger partial charge in [-0.2, -0.15) is 10.4 Å². The molecule has 2 rings (SSSR count). The lowest BCUT2D eigenvalue weighted by molar-refractivity contribution is 0.394. The highest BCUT2D eigenvalue weighted by molar-refractivity contribution is 5.84. The van der Waals surface area contributed by atoms with E-state index in [1.807, 2.05) is 18.2 Å². The van der Waals surface area contributed by atoms with Gasteiger partial charge in [-0.25, -0.2) is 10.4 Å². The number of nitrogens with one attached hydrogen (secondary N) is 1. The Morgan fingerprint density at radius 1 is 1.22 bits per heavy atom. The van der Waals surface area contributed by atoms with Gasteiger partial charge in [-0.1, -0.05) is 32.6 Å². The lowest BCUT2D eigenvalue weighted by Crippen LogP contribution is -1.95. The van der Waals surface area contributed by atoms with Gasteiger partial charge in [0.25, 0.3) is 5.88 Å². The first-order chi connectivity index (χ1) is 13.2. The second kappa shape index (κ2) is 10.9. The van der Waals surface area contributed by atoms with E-state index in [1.165, 1.54) is 19.3 Å². The molecule has 1 heterocycles. The van der Waals surface area contributed by atoms with Crippen LogP contribution < -0.4 is 14.9 Å². The molecule has 0 aliphatic heterocycles. The first-order valence-electron chi connectivity index (χ1n) is 9.12.